The Morgan fingerprint density at radius 3 is 1.56 bits per heavy atom. The molecule has 0 aliphatic rings. The largest absolute Gasteiger partial charge is 0.382 e. The third-order valence-corrected chi connectivity index (χ3v) is 6.87. The maximum absolute atomic E-state index is 11.4. The summed E-state index contributed by atoms with van der Waals surface area (Å²) >= 11 is 0. The van der Waals surface area contributed by atoms with Crippen LogP contribution in [0.15, 0.2) is 157 Å². The Balaban J connectivity index is 1.55. The summed E-state index contributed by atoms with van der Waals surface area (Å²) in [5.41, 5.74) is 10.8. The molecule has 0 saturated carbocycles. The first kappa shape index (κ1) is 25.9. The molecule has 1 atom stereocenters. The van der Waals surface area contributed by atoms with E-state index in [2.05, 4.69) is 34.8 Å². The van der Waals surface area contributed by atoms with Gasteiger partial charge in [-0.1, -0.05) is 152 Å². The van der Waals surface area contributed by atoms with Crippen molar-refractivity contribution >= 4 is 11.5 Å². The predicted octanol–water partition coefficient (Wildman–Crippen LogP) is 8.03. The highest BCUT2D eigenvalue weighted by Gasteiger charge is 2.22. The van der Waals surface area contributed by atoms with E-state index in [-0.39, 0.29) is 0 Å². The summed E-state index contributed by atoms with van der Waals surface area (Å²) in [6, 6.07) is 49.6. The van der Waals surface area contributed by atoms with Gasteiger partial charge in [0.25, 0.3) is 0 Å². The van der Waals surface area contributed by atoms with E-state index in [1.54, 1.807) is 0 Å². The SMILES string of the molecule is OC(C(=NNc1nnc(-c2ccccc2)c(-c2ccccc2)c1-c1ccccc1)c1ccccc1)c1ccccc1. The lowest BCUT2D eigenvalue weighted by Gasteiger charge is -2.19. The number of hydrogen-bond acceptors (Lipinski definition) is 5. The average Bonchev–Trinajstić information content (AvgIpc) is 3.06. The fourth-order valence-corrected chi connectivity index (χ4v) is 4.88. The molecule has 0 aliphatic carbocycles. The first-order chi connectivity index (χ1) is 20.3. The van der Waals surface area contributed by atoms with E-state index < -0.39 is 6.10 Å². The molecule has 41 heavy (non-hydrogen) atoms. The molecule has 0 fully saturated rings. The van der Waals surface area contributed by atoms with Gasteiger partial charge in [0.2, 0.25) is 0 Å². The molecule has 2 N–H and O–H groups in total. The molecule has 0 radical (unpaired) electrons. The van der Waals surface area contributed by atoms with Crippen molar-refractivity contribution in [2.75, 3.05) is 5.43 Å². The lowest BCUT2D eigenvalue weighted by atomic mass is 9.91. The number of nitrogens with zero attached hydrogens (tertiary/aromatic N) is 3. The summed E-state index contributed by atoms with van der Waals surface area (Å²) in [7, 11) is 0. The highest BCUT2D eigenvalue weighted by atomic mass is 16.3. The van der Waals surface area contributed by atoms with Crippen molar-refractivity contribution in [1.82, 2.24) is 10.2 Å². The van der Waals surface area contributed by atoms with Gasteiger partial charge in [0.05, 0.1) is 0 Å². The van der Waals surface area contributed by atoms with Gasteiger partial charge in [0.1, 0.15) is 17.5 Å². The number of aliphatic hydroxyl groups is 1. The van der Waals surface area contributed by atoms with Crippen LogP contribution >= 0.6 is 0 Å². The van der Waals surface area contributed by atoms with Crippen LogP contribution in [0.5, 0.6) is 0 Å². The number of hydrazone groups is 1. The van der Waals surface area contributed by atoms with Crippen molar-refractivity contribution in [3.63, 3.8) is 0 Å². The fourth-order valence-electron chi connectivity index (χ4n) is 4.88. The summed E-state index contributed by atoms with van der Waals surface area (Å²) in [5.74, 6) is 0.489. The predicted molar refractivity (Wildman–Crippen MR) is 166 cm³/mol. The molecule has 0 spiro atoms. The number of benzene rings is 5. The van der Waals surface area contributed by atoms with Gasteiger partial charge >= 0.3 is 0 Å². The third kappa shape index (κ3) is 5.66. The van der Waals surface area contributed by atoms with Crippen molar-refractivity contribution in [2.24, 2.45) is 5.10 Å². The van der Waals surface area contributed by atoms with E-state index in [0.717, 1.165) is 44.6 Å². The lowest BCUT2D eigenvalue weighted by molar-refractivity contribution is 0.248. The van der Waals surface area contributed by atoms with Crippen molar-refractivity contribution < 1.29 is 5.11 Å². The fraction of sp³-hybridized carbons (Fsp3) is 0.0278. The number of rotatable bonds is 8. The van der Waals surface area contributed by atoms with E-state index in [4.69, 9.17) is 10.2 Å². The second kappa shape index (κ2) is 12.2. The normalized spacial score (nSPS) is 12.1. The lowest BCUT2D eigenvalue weighted by Crippen LogP contribution is -2.16. The second-order valence-corrected chi connectivity index (χ2v) is 9.53. The Morgan fingerprint density at radius 1 is 0.537 bits per heavy atom. The van der Waals surface area contributed by atoms with Gasteiger partial charge in [0.15, 0.2) is 5.82 Å². The Morgan fingerprint density at radius 2 is 1.00 bits per heavy atom. The first-order valence-electron chi connectivity index (χ1n) is 13.5. The van der Waals surface area contributed by atoms with Crippen LogP contribution in [-0.2, 0) is 0 Å². The smallest absolute Gasteiger partial charge is 0.177 e. The van der Waals surface area contributed by atoms with Gasteiger partial charge in [0, 0.05) is 22.3 Å². The van der Waals surface area contributed by atoms with E-state index in [1.807, 2.05) is 127 Å². The molecule has 0 amide bonds. The minimum atomic E-state index is -0.948. The monoisotopic (exact) mass is 532 g/mol. The summed E-state index contributed by atoms with van der Waals surface area (Å²) in [6.45, 7) is 0. The molecule has 5 nitrogen and oxygen atoms in total. The Hall–Kier alpha value is -5.39. The molecule has 0 saturated heterocycles. The van der Waals surface area contributed by atoms with Crippen LogP contribution in [0.3, 0.4) is 0 Å². The molecular weight excluding hydrogens is 504 g/mol. The zero-order chi connectivity index (χ0) is 27.9. The van der Waals surface area contributed by atoms with Gasteiger partial charge in [-0.25, -0.2) is 0 Å². The van der Waals surface area contributed by atoms with Crippen LogP contribution in [0.4, 0.5) is 5.82 Å². The highest BCUT2D eigenvalue weighted by molar-refractivity contribution is 6.05. The van der Waals surface area contributed by atoms with Crippen molar-refractivity contribution in [2.45, 2.75) is 6.10 Å². The summed E-state index contributed by atoms with van der Waals surface area (Å²) in [4.78, 5) is 0. The maximum Gasteiger partial charge on any atom is 0.177 e. The molecule has 0 aliphatic heterocycles. The van der Waals surface area contributed by atoms with Crippen LogP contribution in [0, 0.1) is 0 Å². The quantitative estimate of drug-likeness (QED) is 0.154. The van der Waals surface area contributed by atoms with E-state index in [9.17, 15) is 5.11 Å². The molecule has 0 bridgehead atoms. The van der Waals surface area contributed by atoms with Crippen LogP contribution in [0.2, 0.25) is 0 Å². The van der Waals surface area contributed by atoms with Crippen LogP contribution in [-0.4, -0.2) is 21.0 Å². The number of aliphatic hydroxyl groups excluding tert-OH is 1. The van der Waals surface area contributed by atoms with Crippen LogP contribution in [0.25, 0.3) is 33.5 Å². The zero-order valence-corrected chi connectivity index (χ0v) is 22.3. The number of nitrogens with one attached hydrogen (secondary N) is 1. The van der Waals surface area contributed by atoms with Gasteiger partial charge in [-0.2, -0.15) is 5.10 Å². The van der Waals surface area contributed by atoms with Gasteiger partial charge in [-0.3, -0.25) is 5.43 Å². The molecule has 1 aromatic heterocycles. The number of hydrogen-bond donors (Lipinski definition) is 2. The van der Waals surface area contributed by atoms with Gasteiger partial charge in [-0.05, 0) is 16.7 Å². The molecular formula is C36H28N4O. The molecule has 1 unspecified atom stereocenters. The number of aromatic nitrogens is 2. The minimum absolute atomic E-state index is 0.478. The third-order valence-electron chi connectivity index (χ3n) is 6.87. The average molecular weight is 533 g/mol. The maximum atomic E-state index is 11.4. The Labute approximate surface area is 239 Å². The van der Waals surface area contributed by atoms with Crippen LogP contribution < -0.4 is 5.43 Å². The topological polar surface area (TPSA) is 70.4 Å². The van der Waals surface area contributed by atoms with Crippen molar-refractivity contribution in [3.8, 4) is 33.5 Å². The Kier molecular flexibility index (Phi) is 7.70. The molecule has 6 aromatic rings. The van der Waals surface area contributed by atoms with Gasteiger partial charge < -0.3 is 5.11 Å². The van der Waals surface area contributed by atoms with E-state index in [1.165, 1.54) is 0 Å². The van der Waals surface area contributed by atoms with Crippen LogP contribution in [0.1, 0.15) is 17.2 Å². The standard InChI is InChI=1S/C36H28N4O/c41-35(30-24-14-5-15-25-30)34(29-22-12-4-13-23-29)38-40-36-32(27-18-8-2-9-19-27)31(26-16-6-1-7-17-26)33(37-39-36)28-20-10-3-11-21-28/h1-25,35,41H,(H,39,40). The summed E-state index contributed by atoms with van der Waals surface area (Å²) < 4.78 is 0. The first-order valence-corrected chi connectivity index (χ1v) is 13.5. The minimum Gasteiger partial charge on any atom is -0.382 e. The van der Waals surface area contributed by atoms with Gasteiger partial charge in [-0.15, -0.1) is 10.2 Å². The summed E-state index contributed by atoms with van der Waals surface area (Å²) in [5, 5.41) is 25.6. The molecule has 6 rings (SSSR count). The second-order valence-electron chi connectivity index (χ2n) is 9.53. The molecule has 5 aromatic carbocycles. The number of anilines is 1. The zero-order valence-electron chi connectivity index (χ0n) is 22.3. The van der Waals surface area contributed by atoms with Crippen molar-refractivity contribution in [1.29, 1.82) is 0 Å². The molecule has 1 heterocycles. The van der Waals surface area contributed by atoms with E-state index >= 15 is 0 Å². The highest BCUT2D eigenvalue weighted by Crippen LogP contribution is 2.42. The molecule has 198 valence electrons. The van der Waals surface area contributed by atoms with E-state index in [0.29, 0.717) is 11.5 Å². The van der Waals surface area contributed by atoms with Crippen molar-refractivity contribution in [3.05, 3.63) is 163 Å². The Bertz CT molecular complexity index is 1740. The summed E-state index contributed by atoms with van der Waals surface area (Å²) in [6.07, 6.45) is -0.948. The molecule has 5 heteroatoms.